The van der Waals surface area contributed by atoms with Gasteiger partial charge in [-0.25, -0.2) is 16.8 Å². The second-order valence-corrected chi connectivity index (χ2v) is 15.8. The summed E-state index contributed by atoms with van der Waals surface area (Å²) in [5.74, 6) is -0.799. The van der Waals surface area contributed by atoms with Gasteiger partial charge in [-0.15, -0.1) is 0 Å². The molecule has 2 amide bonds. The summed E-state index contributed by atoms with van der Waals surface area (Å²) in [7, 11) is -5.41. The van der Waals surface area contributed by atoms with Gasteiger partial charge in [0.15, 0.2) is 0 Å². The van der Waals surface area contributed by atoms with Crippen LogP contribution in [-0.4, -0.2) is 111 Å². The molecule has 12 nitrogen and oxygen atoms in total. The molecule has 3 fully saturated rings. The van der Waals surface area contributed by atoms with Crippen LogP contribution in [0, 0.1) is 10.8 Å². The average Bonchev–Trinajstić information content (AvgIpc) is 3.35. The number of nitrogens with zero attached hydrogens (tertiary/aromatic N) is 6. The fourth-order valence-corrected chi connectivity index (χ4v) is 9.80. The highest BCUT2D eigenvalue weighted by Crippen LogP contribution is 2.42. The smallest absolute Gasteiger partial charge is 0.271 e. The van der Waals surface area contributed by atoms with Crippen LogP contribution >= 0.6 is 0 Å². The minimum atomic E-state index is -4.19. The first-order valence-electron chi connectivity index (χ1n) is 14.3. The molecule has 0 saturated carbocycles. The summed E-state index contributed by atoms with van der Waals surface area (Å²) in [5, 5.41) is 0. The third-order valence-electron chi connectivity index (χ3n) is 8.84. The van der Waals surface area contributed by atoms with Crippen molar-refractivity contribution in [1.29, 1.82) is 0 Å². The average molecular weight is 643 g/mol. The third-order valence-corrected chi connectivity index (χ3v) is 12.2. The lowest BCUT2D eigenvalue weighted by atomic mass is 9.83. The van der Waals surface area contributed by atoms with E-state index in [0.717, 1.165) is 8.61 Å². The van der Waals surface area contributed by atoms with Gasteiger partial charge in [-0.05, 0) is 52.0 Å². The number of carbonyl (C=O) groups is 2. The van der Waals surface area contributed by atoms with Crippen molar-refractivity contribution < 1.29 is 26.4 Å². The van der Waals surface area contributed by atoms with E-state index in [9.17, 15) is 26.4 Å². The lowest BCUT2D eigenvalue weighted by Gasteiger charge is -2.44. The minimum absolute atomic E-state index is 0.00490. The zero-order valence-corrected chi connectivity index (χ0v) is 27.3. The molecular formula is C30H38N6O6S2. The van der Waals surface area contributed by atoms with Gasteiger partial charge in [-0.3, -0.25) is 29.4 Å². The van der Waals surface area contributed by atoms with Gasteiger partial charge in [0.25, 0.3) is 20.0 Å². The van der Waals surface area contributed by atoms with Crippen molar-refractivity contribution in [3.63, 3.8) is 0 Å². The zero-order chi connectivity index (χ0) is 32.2. The highest BCUT2D eigenvalue weighted by Gasteiger charge is 2.61. The number of hydrogen-bond acceptors (Lipinski definition) is 10. The van der Waals surface area contributed by atoms with Gasteiger partial charge in [0, 0.05) is 40.3 Å². The van der Waals surface area contributed by atoms with Crippen LogP contribution in [0.1, 0.15) is 27.7 Å². The normalized spacial score (nSPS) is 26.7. The largest absolute Gasteiger partial charge is 0.290 e. The van der Waals surface area contributed by atoms with E-state index in [1.807, 2.05) is 9.80 Å². The molecule has 3 aliphatic heterocycles. The number of amides is 2. The van der Waals surface area contributed by atoms with Crippen LogP contribution in [0.25, 0.3) is 0 Å². The number of amidine groups is 2. The zero-order valence-electron chi connectivity index (χ0n) is 25.7. The Balaban J connectivity index is 1.42. The van der Waals surface area contributed by atoms with Crippen molar-refractivity contribution in [2.45, 2.75) is 49.6 Å². The van der Waals surface area contributed by atoms with Gasteiger partial charge in [0.1, 0.15) is 11.7 Å². The van der Waals surface area contributed by atoms with Crippen LogP contribution < -0.4 is 0 Å². The summed E-state index contributed by atoms with van der Waals surface area (Å²) in [6.07, 6.45) is 0. The molecule has 0 radical (unpaired) electrons. The molecule has 0 spiro atoms. The number of carbonyl (C=O) groups excluding carboxylic acids is 2. The Labute approximate surface area is 259 Å². The van der Waals surface area contributed by atoms with E-state index in [0.29, 0.717) is 26.2 Å². The van der Waals surface area contributed by atoms with Crippen LogP contribution in [0.4, 0.5) is 0 Å². The molecule has 44 heavy (non-hydrogen) atoms. The van der Waals surface area contributed by atoms with Gasteiger partial charge < -0.3 is 0 Å². The standard InChI is InChI=1S/C30H38N6O6S2/c1-29(2)23(25(31-5)35(27(29)37)43(39,40)21-13-9-7-10-14-21)33-17-19-34(20-18-33)24-26(32-6)36(28(38)30(24,3)4)44(41,42)22-15-11-8-12-16-22/h7-16,23-24H,17-20H2,1-6H3/b31-25-,32-26-. The van der Waals surface area contributed by atoms with Crippen molar-refractivity contribution in [3.8, 4) is 0 Å². The topological polar surface area (TPSA) is 140 Å². The molecule has 236 valence electrons. The maximum atomic E-state index is 13.7. The summed E-state index contributed by atoms with van der Waals surface area (Å²) in [4.78, 5) is 40.2. The molecule has 0 aliphatic carbocycles. The predicted molar refractivity (Wildman–Crippen MR) is 166 cm³/mol. The van der Waals surface area contributed by atoms with E-state index in [1.165, 1.54) is 38.4 Å². The molecule has 0 bridgehead atoms. The molecule has 2 unspecified atom stereocenters. The summed E-state index contributed by atoms with van der Waals surface area (Å²) < 4.78 is 56.2. The van der Waals surface area contributed by atoms with E-state index in [-0.39, 0.29) is 21.5 Å². The summed E-state index contributed by atoms with van der Waals surface area (Å²) in [5.41, 5.74) is -2.20. The maximum Gasteiger partial charge on any atom is 0.271 e. The first kappa shape index (κ1) is 31.9. The molecule has 5 rings (SSSR count). The first-order valence-corrected chi connectivity index (χ1v) is 17.2. The number of sulfonamides is 2. The minimum Gasteiger partial charge on any atom is -0.290 e. The number of aliphatic imine (C=N–C) groups is 2. The highest BCUT2D eigenvalue weighted by molar-refractivity contribution is 7.90. The number of hydrogen-bond donors (Lipinski definition) is 0. The number of benzene rings is 2. The number of piperazine rings is 1. The van der Waals surface area contributed by atoms with Crippen molar-refractivity contribution in [3.05, 3.63) is 60.7 Å². The van der Waals surface area contributed by atoms with Crippen molar-refractivity contribution in [2.75, 3.05) is 40.3 Å². The van der Waals surface area contributed by atoms with Crippen LogP contribution in [0.5, 0.6) is 0 Å². The molecule has 2 aromatic carbocycles. The van der Waals surface area contributed by atoms with E-state index >= 15 is 0 Å². The lowest BCUT2D eigenvalue weighted by molar-refractivity contribution is -0.133. The summed E-state index contributed by atoms with van der Waals surface area (Å²) in [6, 6.07) is 14.4. The molecule has 2 atom stereocenters. The quantitative estimate of drug-likeness (QED) is 0.466. The molecule has 14 heteroatoms. The molecule has 3 aliphatic rings. The van der Waals surface area contributed by atoms with E-state index in [4.69, 9.17) is 0 Å². The fourth-order valence-electron chi connectivity index (χ4n) is 6.61. The third kappa shape index (κ3) is 4.78. The fraction of sp³-hybridized carbons (Fsp3) is 0.467. The van der Waals surface area contributed by atoms with Crippen LogP contribution in [0.3, 0.4) is 0 Å². The van der Waals surface area contributed by atoms with E-state index in [2.05, 4.69) is 9.98 Å². The Morgan fingerprint density at radius 3 is 1.16 bits per heavy atom. The summed E-state index contributed by atoms with van der Waals surface area (Å²) in [6.45, 7) is 8.59. The molecule has 2 aromatic rings. The Morgan fingerprint density at radius 2 is 0.886 bits per heavy atom. The molecule has 3 heterocycles. The Hall–Kier alpha value is -3.46. The molecule has 0 N–H and O–H groups in total. The van der Waals surface area contributed by atoms with Gasteiger partial charge in [0.05, 0.1) is 32.7 Å². The predicted octanol–water partition coefficient (Wildman–Crippen LogP) is 1.91. The Morgan fingerprint density at radius 1 is 0.591 bits per heavy atom. The van der Waals surface area contributed by atoms with Gasteiger partial charge >= 0.3 is 0 Å². The van der Waals surface area contributed by atoms with Gasteiger partial charge in [-0.2, -0.15) is 8.61 Å². The van der Waals surface area contributed by atoms with Gasteiger partial charge in [-0.1, -0.05) is 36.4 Å². The van der Waals surface area contributed by atoms with Gasteiger partial charge in [0.2, 0.25) is 11.8 Å². The van der Waals surface area contributed by atoms with Crippen LogP contribution in [0.2, 0.25) is 0 Å². The molecule has 3 saturated heterocycles. The summed E-state index contributed by atoms with van der Waals surface area (Å²) >= 11 is 0. The van der Waals surface area contributed by atoms with E-state index in [1.54, 1.807) is 64.1 Å². The molecular weight excluding hydrogens is 605 g/mol. The highest BCUT2D eigenvalue weighted by atomic mass is 32.2. The van der Waals surface area contributed by atoms with Crippen LogP contribution in [-0.2, 0) is 29.6 Å². The monoisotopic (exact) mass is 642 g/mol. The van der Waals surface area contributed by atoms with E-state index < -0.39 is 54.8 Å². The number of rotatable bonds is 6. The van der Waals surface area contributed by atoms with Crippen molar-refractivity contribution in [1.82, 2.24) is 18.4 Å². The maximum absolute atomic E-state index is 13.7. The van der Waals surface area contributed by atoms with Crippen molar-refractivity contribution in [2.24, 2.45) is 20.8 Å². The first-order chi connectivity index (χ1) is 20.6. The van der Waals surface area contributed by atoms with Crippen molar-refractivity contribution >= 4 is 43.5 Å². The Bertz CT molecular complexity index is 1600. The SMILES string of the molecule is C/N=C1/C(N2CCN(C3/C(=N/C)N(S(=O)(=O)c4ccccc4)C(=O)C3(C)C)CC2)C(C)(C)C(=O)N1S(=O)(=O)c1ccccc1. The molecule has 0 aromatic heterocycles. The second kappa shape index (κ2) is 11.2. The second-order valence-electron chi connectivity index (χ2n) is 12.3. The Kier molecular flexibility index (Phi) is 8.10. The lowest BCUT2D eigenvalue weighted by Crippen LogP contribution is -2.60. The van der Waals surface area contributed by atoms with Crippen LogP contribution in [0.15, 0.2) is 80.4 Å².